The molecule has 0 saturated heterocycles. The lowest BCUT2D eigenvalue weighted by atomic mass is 10.2. The fraction of sp³-hybridized carbons (Fsp3) is 0.417. The molecule has 1 atom stereocenters. The van der Waals surface area contributed by atoms with Gasteiger partial charge in [-0.2, -0.15) is 0 Å². The fourth-order valence-electron chi connectivity index (χ4n) is 1.20. The van der Waals surface area contributed by atoms with Gasteiger partial charge in [0.05, 0.1) is 13.2 Å². The summed E-state index contributed by atoms with van der Waals surface area (Å²) in [6.07, 6.45) is 0.793. The molecular formula is C12H16O4. The van der Waals surface area contributed by atoms with E-state index in [1.54, 1.807) is 12.1 Å². The standard InChI is InChI=1S/C12H16O4/c1-4-8(2)16-11-7-9(15-3)5-6-10(11)12(13)14/h5-8H,4H2,1-3H3,(H,13,14). The minimum atomic E-state index is -0.999. The minimum Gasteiger partial charge on any atom is -0.497 e. The zero-order chi connectivity index (χ0) is 12.1. The van der Waals surface area contributed by atoms with Gasteiger partial charge in [-0.05, 0) is 25.5 Å². The van der Waals surface area contributed by atoms with Crippen LogP contribution in [0.1, 0.15) is 30.6 Å². The van der Waals surface area contributed by atoms with Crippen molar-refractivity contribution in [1.82, 2.24) is 0 Å². The Bertz CT molecular complexity index is 373. The van der Waals surface area contributed by atoms with Crippen molar-refractivity contribution in [2.45, 2.75) is 26.4 Å². The van der Waals surface area contributed by atoms with E-state index in [2.05, 4.69) is 0 Å². The predicted molar refractivity (Wildman–Crippen MR) is 60.3 cm³/mol. The smallest absolute Gasteiger partial charge is 0.339 e. The highest BCUT2D eigenvalue weighted by atomic mass is 16.5. The molecule has 1 N–H and O–H groups in total. The van der Waals surface area contributed by atoms with Crippen molar-refractivity contribution in [2.24, 2.45) is 0 Å². The maximum Gasteiger partial charge on any atom is 0.339 e. The normalized spacial score (nSPS) is 11.9. The Morgan fingerprint density at radius 1 is 1.50 bits per heavy atom. The van der Waals surface area contributed by atoms with Crippen molar-refractivity contribution in [2.75, 3.05) is 7.11 Å². The molecule has 0 aliphatic heterocycles. The van der Waals surface area contributed by atoms with Crippen LogP contribution in [-0.2, 0) is 0 Å². The van der Waals surface area contributed by atoms with Gasteiger partial charge >= 0.3 is 5.97 Å². The number of carbonyl (C=O) groups is 1. The van der Waals surface area contributed by atoms with Crippen LogP contribution in [0.5, 0.6) is 11.5 Å². The summed E-state index contributed by atoms with van der Waals surface area (Å²) in [5.74, 6) is -0.0644. The lowest BCUT2D eigenvalue weighted by molar-refractivity contribution is 0.0689. The monoisotopic (exact) mass is 224 g/mol. The molecular weight excluding hydrogens is 208 g/mol. The maximum absolute atomic E-state index is 11.0. The van der Waals surface area contributed by atoms with Crippen molar-refractivity contribution < 1.29 is 19.4 Å². The summed E-state index contributed by atoms with van der Waals surface area (Å²) < 4.78 is 10.6. The number of hydrogen-bond acceptors (Lipinski definition) is 3. The van der Waals surface area contributed by atoms with Crippen LogP contribution in [0.2, 0.25) is 0 Å². The molecule has 1 aromatic rings. The number of carboxylic acid groups (broad SMARTS) is 1. The summed E-state index contributed by atoms with van der Waals surface area (Å²) in [6, 6.07) is 4.68. The van der Waals surface area contributed by atoms with Gasteiger partial charge in [0.15, 0.2) is 0 Å². The average Bonchev–Trinajstić information content (AvgIpc) is 2.28. The molecule has 0 aliphatic rings. The molecule has 0 bridgehead atoms. The largest absolute Gasteiger partial charge is 0.497 e. The van der Waals surface area contributed by atoms with Crippen LogP contribution in [0.15, 0.2) is 18.2 Å². The summed E-state index contributed by atoms with van der Waals surface area (Å²) in [5, 5.41) is 8.99. The molecule has 88 valence electrons. The van der Waals surface area contributed by atoms with Crippen molar-refractivity contribution in [3.8, 4) is 11.5 Å². The van der Waals surface area contributed by atoms with Crippen LogP contribution in [0.3, 0.4) is 0 Å². The van der Waals surface area contributed by atoms with E-state index in [0.29, 0.717) is 11.5 Å². The van der Waals surface area contributed by atoms with Crippen LogP contribution in [0, 0.1) is 0 Å². The highest BCUT2D eigenvalue weighted by Gasteiger charge is 2.14. The Morgan fingerprint density at radius 3 is 2.69 bits per heavy atom. The number of ether oxygens (including phenoxy) is 2. The van der Waals surface area contributed by atoms with E-state index in [1.165, 1.54) is 13.2 Å². The Kier molecular flexibility index (Phi) is 4.17. The van der Waals surface area contributed by atoms with E-state index < -0.39 is 5.97 Å². The molecule has 0 saturated carbocycles. The third-order valence-corrected chi connectivity index (χ3v) is 2.32. The molecule has 1 rings (SSSR count). The number of carboxylic acids is 1. The SMILES string of the molecule is CCC(C)Oc1cc(OC)ccc1C(=O)O. The van der Waals surface area contributed by atoms with E-state index in [1.807, 2.05) is 13.8 Å². The first-order valence-electron chi connectivity index (χ1n) is 5.16. The van der Waals surface area contributed by atoms with E-state index >= 15 is 0 Å². The van der Waals surface area contributed by atoms with Gasteiger partial charge in [0, 0.05) is 6.07 Å². The second-order valence-corrected chi connectivity index (χ2v) is 3.50. The van der Waals surface area contributed by atoms with E-state index in [0.717, 1.165) is 6.42 Å². The van der Waals surface area contributed by atoms with Gasteiger partial charge in [-0.1, -0.05) is 6.92 Å². The highest BCUT2D eigenvalue weighted by Crippen LogP contribution is 2.26. The van der Waals surface area contributed by atoms with Crippen molar-refractivity contribution in [1.29, 1.82) is 0 Å². The Hall–Kier alpha value is -1.71. The number of benzene rings is 1. The second-order valence-electron chi connectivity index (χ2n) is 3.50. The number of hydrogen-bond donors (Lipinski definition) is 1. The minimum absolute atomic E-state index is 0.0230. The maximum atomic E-state index is 11.0. The van der Waals surface area contributed by atoms with Crippen LogP contribution >= 0.6 is 0 Å². The Labute approximate surface area is 94.8 Å². The molecule has 0 aliphatic carbocycles. The third kappa shape index (κ3) is 2.89. The number of rotatable bonds is 5. The topological polar surface area (TPSA) is 55.8 Å². The third-order valence-electron chi connectivity index (χ3n) is 2.32. The molecule has 16 heavy (non-hydrogen) atoms. The van der Waals surface area contributed by atoms with Crippen LogP contribution in [0.4, 0.5) is 0 Å². The van der Waals surface area contributed by atoms with Crippen LogP contribution in [0.25, 0.3) is 0 Å². The number of aromatic carboxylic acids is 1. The molecule has 1 aromatic carbocycles. The highest BCUT2D eigenvalue weighted by molar-refractivity contribution is 5.91. The van der Waals surface area contributed by atoms with Gasteiger partial charge < -0.3 is 14.6 Å². The molecule has 4 heteroatoms. The molecule has 0 heterocycles. The first-order chi connectivity index (χ1) is 7.58. The molecule has 0 fully saturated rings. The fourth-order valence-corrected chi connectivity index (χ4v) is 1.20. The molecule has 1 unspecified atom stereocenters. The van der Waals surface area contributed by atoms with Crippen molar-refractivity contribution in [3.05, 3.63) is 23.8 Å². The Morgan fingerprint density at radius 2 is 2.19 bits per heavy atom. The number of methoxy groups -OCH3 is 1. The van der Waals surface area contributed by atoms with Gasteiger partial charge in [-0.15, -0.1) is 0 Å². The van der Waals surface area contributed by atoms with E-state index in [4.69, 9.17) is 14.6 Å². The lowest BCUT2D eigenvalue weighted by Gasteiger charge is -2.15. The van der Waals surface area contributed by atoms with E-state index in [-0.39, 0.29) is 11.7 Å². The summed E-state index contributed by atoms with van der Waals surface area (Å²) in [7, 11) is 1.53. The van der Waals surface area contributed by atoms with Crippen LogP contribution < -0.4 is 9.47 Å². The molecule has 4 nitrogen and oxygen atoms in total. The van der Waals surface area contributed by atoms with Gasteiger partial charge in [-0.25, -0.2) is 4.79 Å². The summed E-state index contributed by atoms with van der Waals surface area (Å²) in [4.78, 5) is 11.0. The van der Waals surface area contributed by atoms with Crippen molar-refractivity contribution in [3.63, 3.8) is 0 Å². The zero-order valence-corrected chi connectivity index (χ0v) is 9.69. The predicted octanol–water partition coefficient (Wildman–Crippen LogP) is 2.57. The zero-order valence-electron chi connectivity index (χ0n) is 9.69. The van der Waals surface area contributed by atoms with Gasteiger partial charge in [0.2, 0.25) is 0 Å². The molecule has 0 aromatic heterocycles. The average molecular weight is 224 g/mol. The Balaban J connectivity index is 3.05. The van der Waals surface area contributed by atoms with Gasteiger partial charge in [0.25, 0.3) is 0 Å². The first-order valence-corrected chi connectivity index (χ1v) is 5.16. The molecule has 0 spiro atoms. The lowest BCUT2D eigenvalue weighted by Crippen LogP contribution is -2.12. The van der Waals surface area contributed by atoms with Crippen LogP contribution in [-0.4, -0.2) is 24.3 Å². The van der Waals surface area contributed by atoms with Gasteiger partial charge in [0.1, 0.15) is 17.1 Å². The second kappa shape index (κ2) is 5.39. The first kappa shape index (κ1) is 12.4. The summed E-state index contributed by atoms with van der Waals surface area (Å²) in [6.45, 7) is 3.87. The van der Waals surface area contributed by atoms with Gasteiger partial charge in [-0.3, -0.25) is 0 Å². The summed E-state index contributed by atoms with van der Waals surface area (Å²) >= 11 is 0. The quantitative estimate of drug-likeness (QED) is 0.835. The van der Waals surface area contributed by atoms with Crippen molar-refractivity contribution >= 4 is 5.97 Å². The molecule has 0 radical (unpaired) electrons. The molecule has 0 amide bonds. The summed E-state index contributed by atoms with van der Waals surface area (Å²) in [5.41, 5.74) is 0.154. The van der Waals surface area contributed by atoms with E-state index in [9.17, 15) is 4.79 Å².